The summed E-state index contributed by atoms with van der Waals surface area (Å²) >= 11 is 1.41. The van der Waals surface area contributed by atoms with Gasteiger partial charge in [0.25, 0.3) is 0 Å². The molecular weight excluding hydrogens is 549 g/mol. The first-order valence-corrected chi connectivity index (χ1v) is 13.8. The average molecular weight is 576 g/mol. The van der Waals surface area contributed by atoms with Crippen molar-refractivity contribution in [3.05, 3.63) is 60.2 Å². The number of pyridine rings is 1. The fourth-order valence-electron chi connectivity index (χ4n) is 4.83. The largest absolute Gasteiger partial charge is 0.483 e. The molecule has 1 aliphatic carbocycles. The van der Waals surface area contributed by atoms with Gasteiger partial charge in [0.15, 0.2) is 11.6 Å². The summed E-state index contributed by atoms with van der Waals surface area (Å²) in [5.41, 5.74) is 4.15. The van der Waals surface area contributed by atoms with Crippen LogP contribution in [0.1, 0.15) is 24.8 Å². The highest BCUT2D eigenvalue weighted by molar-refractivity contribution is 7.21. The average Bonchev–Trinajstić information content (AvgIpc) is 3.58. The third kappa shape index (κ3) is 5.55. The van der Waals surface area contributed by atoms with Crippen molar-refractivity contribution in [2.24, 2.45) is 0 Å². The molecule has 10 nitrogen and oxygen atoms in total. The Kier molecular flexibility index (Phi) is 7.23. The Balaban J connectivity index is 1.21. The maximum Gasteiger partial charge on any atom is 0.412 e. The minimum atomic E-state index is -0.633. The summed E-state index contributed by atoms with van der Waals surface area (Å²) in [5, 5.41) is 3.34. The molecule has 3 heterocycles. The number of halogens is 1. The van der Waals surface area contributed by atoms with E-state index in [2.05, 4.69) is 25.3 Å². The van der Waals surface area contributed by atoms with Gasteiger partial charge in [-0.2, -0.15) is 0 Å². The SMILES string of the molecule is COc1ccc(NC(=O)O[C@@H]2CCCC2Oc2cc3sc(-c4cc(C)cc5nc(OC)cnc45)nc3cc2F)cn1. The minimum Gasteiger partial charge on any atom is -0.483 e. The van der Waals surface area contributed by atoms with Crippen molar-refractivity contribution in [2.45, 2.75) is 38.4 Å². The number of aromatic nitrogens is 4. The van der Waals surface area contributed by atoms with E-state index < -0.39 is 24.1 Å². The normalized spacial score (nSPS) is 16.6. The number of carbonyl (C=O) groups excluding carboxylic acids is 1. The molecule has 1 aliphatic rings. The van der Waals surface area contributed by atoms with E-state index >= 15 is 4.39 Å². The topological polar surface area (TPSA) is 118 Å². The highest BCUT2D eigenvalue weighted by Crippen LogP contribution is 2.38. The van der Waals surface area contributed by atoms with Crippen LogP contribution in [0.25, 0.3) is 31.8 Å². The quantitative estimate of drug-likeness (QED) is 0.238. The molecule has 1 N–H and O–H groups in total. The van der Waals surface area contributed by atoms with Crippen LogP contribution in [0.4, 0.5) is 14.9 Å². The van der Waals surface area contributed by atoms with E-state index in [0.717, 1.165) is 22.2 Å². The van der Waals surface area contributed by atoms with Crippen molar-refractivity contribution < 1.29 is 28.1 Å². The van der Waals surface area contributed by atoms with E-state index in [4.69, 9.17) is 18.9 Å². The van der Waals surface area contributed by atoms with Crippen LogP contribution in [-0.4, -0.2) is 52.5 Å². The molecule has 12 heteroatoms. The molecule has 41 heavy (non-hydrogen) atoms. The number of hydrogen-bond donors (Lipinski definition) is 1. The van der Waals surface area contributed by atoms with E-state index in [1.807, 2.05) is 19.1 Å². The summed E-state index contributed by atoms with van der Waals surface area (Å²) in [6.45, 7) is 1.97. The Bertz CT molecular complexity index is 1750. The van der Waals surface area contributed by atoms with Crippen LogP contribution in [0, 0.1) is 12.7 Å². The fraction of sp³-hybridized carbons (Fsp3) is 0.276. The highest BCUT2D eigenvalue weighted by Gasteiger charge is 2.33. The second-order valence-electron chi connectivity index (χ2n) is 9.61. The van der Waals surface area contributed by atoms with Gasteiger partial charge in [-0.25, -0.2) is 29.1 Å². The Hall–Kier alpha value is -4.58. The van der Waals surface area contributed by atoms with Crippen molar-refractivity contribution >= 4 is 44.4 Å². The first-order chi connectivity index (χ1) is 19.9. The molecule has 3 aromatic heterocycles. The molecule has 2 aromatic carbocycles. The zero-order valence-corrected chi connectivity index (χ0v) is 23.3. The van der Waals surface area contributed by atoms with Crippen molar-refractivity contribution in [3.8, 4) is 28.1 Å². The third-order valence-corrected chi connectivity index (χ3v) is 7.82. The first-order valence-electron chi connectivity index (χ1n) is 13.0. The van der Waals surface area contributed by atoms with Gasteiger partial charge >= 0.3 is 6.09 Å². The van der Waals surface area contributed by atoms with Gasteiger partial charge in [0.1, 0.15) is 17.2 Å². The number of anilines is 1. The molecule has 6 rings (SSSR count). The number of rotatable bonds is 7. The van der Waals surface area contributed by atoms with Crippen LogP contribution in [0.15, 0.2) is 48.8 Å². The number of fused-ring (bicyclic) bond motifs is 2. The highest BCUT2D eigenvalue weighted by atomic mass is 32.1. The lowest BCUT2D eigenvalue weighted by molar-refractivity contribution is 0.0401. The smallest absolute Gasteiger partial charge is 0.412 e. The van der Waals surface area contributed by atoms with Crippen LogP contribution in [0.3, 0.4) is 0 Å². The number of carbonyl (C=O) groups is 1. The predicted octanol–water partition coefficient (Wildman–Crippen LogP) is 6.31. The molecule has 0 bridgehead atoms. The predicted molar refractivity (Wildman–Crippen MR) is 152 cm³/mol. The number of benzene rings is 2. The van der Waals surface area contributed by atoms with Gasteiger partial charge in [0, 0.05) is 23.8 Å². The van der Waals surface area contributed by atoms with Crippen molar-refractivity contribution in [2.75, 3.05) is 19.5 Å². The lowest BCUT2D eigenvalue weighted by Gasteiger charge is -2.22. The van der Waals surface area contributed by atoms with E-state index in [1.54, 1.807) is 31.5 Å². The van der Waals surface area contributed by atoms with Crippen LogP contribution in [-0.2, 0) is 4.74 Å². The zero-order valence-electron chi connectivity index (χ0n) is 22.5. The van der Waals surface area contributed by atoms with Crippen LogP contribution >= 0.6 is 11.3 Å². The maximum atomic E-state index is 15.2. The maximum absolute atomic E-state index is 15.2. The molecule has 210 valence electrons. The van der Waals surface area contributed by atoms with Gasteiger partial charge in [-0.3, -0.25) is 5.32 Å². The second-order valence-corrected chi connectivity index (χ2v) is 10.6. The molecule has 0 saturated heterocycles. The van der Waals surface area contributed by atoms with Gasteiger partial charge in [-0.1, -0.05) is 0 Å². The van der Waals surface area contributed by atoms with Gasteiger partial charge < -0.3 is 18.9 Å². The lowest BCUT2D eigenvalue weighted by atomic mass is 10.1. The third-order valence-electron chi connectivity index (χ3n) is 6.77. The summed E-state index contributed by atoms with van der Waals surface area (Å²) in [4.78, 5) is 30.3. The molecule has 1 unspecified atom stereocenters. The summed E-state index contributed by atoms with van der Waals surface area (Å²) in [5.74, 6) is 0.410. The summed E-state index contributed by atoms with van der Waals surface area (Å²) in [6, 6.07) is 10.2. The number of nitrogens with one attached hydrogen (secondary N) is 1. The first kappa shape index (κ1) is 26.6. The van der Waals surface area contributed by atoms with Gasteiger partial charge in [0.2, 0.25) is 11.8 Å². The molecule has 1 saturated carbocycles. The molecule has 0 radical (unpaired) electrons. The molecular formula is C29H26FN5O5S. The number of ether oxygens (including phenoxy) is 4. The minimum absolute atomic E-state index is 0.0894. The van der Waals surface area contributed by atoms with E-state index in [0.29, 0.717) is 51.8 Å². The second kappa shape index (κ2) is 11.1. The molecule has 1 amide bonds. The molecule has 0 aliphatic heterocycles. The molecule has 5 aromatic rings. The van der Waals surface area contributed by atoms with Gasteiger partial charge in [-0.05, 0) is 49.9 Å². The van der Waals surface area contributed by atoms with Crippen LogP contribution in [0.5, 0.6) is 17.5 Å². The number of hydrogen-bond acceptors (Lipinski definition) is 10. The lowest BCUT2D eigenvalue weighted by Crippen LogP contribution is -2.32. The molecule has 2 atom stereocenters. The standard InChI is InChI=1S/C29H26FN5O5S/c1-15-9-17(27-20(10-15)34-26(38-3)14-32-27)28-35-19-11-18(30)23(12-24(19)41-28)39-21-5-4-6-22(21)40-29(36)33-16-7-8-25(37-2)31-13-16/h7-14,21-22H,4-6H2,1-3H3,(H,33,36)/t21?,22-/m1/s1. The Morgan fingerprint density at radius 1 is 0.976 bits per heavy atom. The van der Waals surface area contributed by atoms with Crippen molar-refractivity contribution in [3.63, 3.8) is 0 Å². The fourth-order valence-corrected chi connectivity index (χ4v) is 5.82. The van der Waals surface area contributed by atoms with Crippen LogP contribution < -0.4 is 19.5 Å². The van der Waals surface area contributed by atoms with Crippen molar-refractivity contribution in [1.29, 1.82) is 0 Å². The summed E-state index contributed by atoms with van der Waals surface area (Å²) in [6.07, 6.45) is 3.42. The van der Waals surface area contributed by atoms with E-state index in [-0.39, 0.29) is 5.75 Å². The number of nitrogens with zero attached hydrogens (tertiary/aromatic N) is 4. The molecule has 0 spiro atoms. The van der Waals surface area contributed by atoms with Crippen LogP contribution in [0.2, 0.25) is 0 Å². The van der Waals surface area contributed by atoms with Gasteiger partial charge in [-0.15, -0.1) is 11.3 Å². The Labute approximate surface area is 238 Å². The Morgan fingerprint density at radius 2 is 1.80 bits per heavy atom. The van der Waals surface area contributed by atoms with E-state index in [1.165, 1.54) is 30.7 Å². The number of methoxy groups -OCH3 is 2. The number of thiazole rings is 1. The van der Waals surface area contributed by atoms with E-state index in [9.17, 15) is 4.79 Å². The summed E-state index contributed by atoms with van der Waals surface area (Å²) in [7, 11) is 3.06. The monoisotopic (exact) mass is 575 g/mol. The van der Waals surface area contributed by atoms with Crippen molar-refractivity contribution in [1.82, 2.24) is 19.9 Å². The molecule has 1 fully saturated rings. The van der Waals surface area contributed by atoms with Gasteiger partial charge in [0.05, 0.1) is 53.6 Å². The number of amides is 1. The number of aryl methyl sites for hydroxylation is 1. The summed E-state index contributed by atoms with van der Waals surface area (Å²) < 4.78 is 37.9. The zero-order chi connectivity index (χ0) is 28.5. The Morgan fingerprint density at radius 3 is 2.59 bits per heavy atom.